The molecule has 0 aromatic carbocycles. The molecule has 2 heterocycles. The number of rotatable bonds is 4. The normalized spacial score (nSPS) is 30.7. The molecule has 0 aromatic heterocycles. The predicted molar refractivity (Wildman–Crippen MR) is 77.7 cm³/mol. The fourth-order valence-electron chi connectivity index (χ4n) is 3.14. The summed E-state index contributed by atoms with van der Waals surface area (Å²) in [6, 6.07) is 0.153. The minimum absolute atomic E-state index is 0.153. The van der Waals surface area contributed by atoms with Crippen LogP contribution in [0, 0.1) is 5.92 Å². The van der Waals surface area contributed by atoms with E-state index in [4.69, 9.17) is 0 Å². The van der Waals surface area contributed by atoms with Crippen LogP contribution in [-0.4, -0.2) is 69.7 Å². The van der Waals surface area contributed by atoms with Crippen LogP contribution in [0.15, 0.2) is 0 Å². The minimum atomic E-state index is -3.12. The molecule has 2 fully saturated rings. The third kappa shape index (κ3) is 4.15. The fraction of sp³-hybridized carbons (Fsp3) is 1.00. The standard InChI is InChI=1S/C13H27N3O2S/c1-15-8-4-6-13(10-15)16(2)19(17,18)11-12-5-3-7-14-9-12/h12-14H,3-11H2,1-2H3. The molecule has 0 radical (unpaired) electrons. The monoisotopic (exact) mass is 289 g/mol. The lowest BCUT2D eigenvalue weighted by molar-refractivity contribution is 0.187. The van der Waals surface area contributed by atoms with Gasteiger partial charge in [0.25, 0.3) is 0 Å². The molecule has 19 heavy (non-hydrogen) atoms. The van der Waals surface area contributed by atoms with Gasteiger partial charge in [0.05, 0.1) is 5.75 Å². The highest BCUT2D eigenvalue weighted by Gasteiger charge is 2.31. The largest absolute Gasteiger partial charge is 0.316 e. The van der Waals surface area contributed by atoms with Crippen LogP contribution in [-0.2, 0) is 10.0 Å². The van der Waals surface area contributed by atoms with Crippen LogP contribution < -0.4 is 5.32 Å². The van der Waals surface area contributed by atoms with Crippen molar-refractivity contribution in [2.24, 2.45) is 5.92 Å². The molecule has 6 heteroatoms. The summed E-state index contributed by atoms with van der Waals surface area (Å²) < 4.78 is 26.6. The van der Waals surface area contributed by atoms with Crippen molar-refractivity contribution in [3.8, 4) is 0 Å². The Labute approximate surface area is 117 Å². The molecule has 0 spiro atoms. The summed E-state index contributed by atoms with van der Waals surface area (Å²) in [6.45, 7) is 3.81. The first-order valence-electron chi connectivity index (χ1n) is 7.34. The quantitative estimate of drug-likeness (QED) is 0.811. The number of sulfonamides is 1. The Morgan fingerprint density at radius 2 is 2.11 bits per heavy atom. The van der Waals surface area contributed by atoms with Gasteiger partial charge in [0.2, 0.25) is 10.0 Å². The van der Waals surface area contributed by atoms with Gasteiger partial charge < -0.3 is 10.2 Å². The van der Waals surface area contributed by atoms with Crippen molar-refractivity contribution < 1.29 is 8.42 Å². The van der Waals surface area contributed by atoms with Gasteiger partial charge >= 0.3 is 0 Å². The Hall–Kier alpha value is -0.170. The highest BCUT2D eigenvalue weighted by molar-refractivity contribution is 7.89. The molecule has 2 unspecified atom stereocenters. The second-order valence-electron chi connectivity index (χ2n) is 6.07. The van der Waals surface area contributed by atoms with Gasteiger partial charge in [-0.05, 0) is 58.3 Å². The summed E-state index contributed by atoms with van der Waals surface area (Å²) in [5.74, 6) is 0.582. The highest BCUT2D eigenvalue weighted by atomic mass is 32.2. The van der Waals surface area contributed by atoms with E-state index in [-0.39, 0.29) is 12.0 Å². The smallest absolute Gasteiger partial charge is 0.214 e. The van der Waals surface area contributed by atoms with Gasteiger partial charge in [0.15, 0.2) is 0 Å². The zero-order chi connectivity index (χ0) is 13.9. The molecule has 2 atom stereocenters. The molecule has 2 aliphatic heterocycles. The van der Waals surface area contributed by atoms with E-state index in [9.17, 15) is 8.42 Å². The number of likely N-dealkylation sites (tertiary alicyclic amines) is 1. The lowest BCUT2D eigenvalue weighted by Gasteiger charge is -2.36. The number of hydrogen-bond donors (Lipinski definition) is 1. The van der Waals surface area contributed by atoms with Gasteiger partial charge in [0, 0.05) is 19.6 Å². The summed E-state index contributed by atoms with van der Waals surface area (Å²) in [5.41, 5.74) is 0. The molecular weight excluding hydrogens is 262 g/mol. The van der Waals surface area contributed by atoms with E-state index in [0.717, 1.165) is 51.9 Å². The second kappa shape index (κ2) is 6.52. The van der Waals surface area contributed by atoms with Crippen molar-refractivity contribution in [2.75, 3.05) is 46.0 Å². The Bertz CT molecular complexity index is 379. The van der Waals surface area contributed by atoms with Gasteiger partial charge in [-0.1, -0.05) is 0 Å². The summed E-state index contributed by atoms with van der Waals surface area (Å²) >= 11 is 0. The first-order chi connectivity index (χ1) is 8.99. The first kappa shape index (κ1) is 15.2. The number of nitrogens with one attached hydrogen (secondary N) is 1. The van der Waals surface area contributed by atoms with Gasteiger partial charge in [0.1, 0.15) is 0 Å². The summed E-state index contributed by atoms with van der Waals surface area (Å²) in [4.78, 5) is 2.22. The Kier molecular flexibility index (Phi) is 5.22. The number of nitrogens with zero attached hydrogens (tertiary/aromatic N) is 2. The van der Waals surface area contributed by atoms with E-state index in [1.807, 2.05) is 0 Å². The lowest BCUT2D eigenvalue weighted by Crippen LogP contribution is -2.49. The van der Waals surface area contributed by atoms with E-state index >= 15 is 0 Å². The van der Waals surface area contributed by atoms with Gasteiger partial charge in [-0.2, -0.15) is 0 Å². The summed E-state index contributed by atoms with van der Waals surface area (Å²) in [5, 5.41) is 3.29. The topological polar surface area (TPSA) is 52.7 Å². The molecule has 2 saturated heterocycles. The Morgan fingerprint density at radius 1 is 1.32 bits per heavy atom. The van der Waals surface area contributed by atoms with E-state index in [1.54, 1.807) is 11.4 Å². The van der Waals surface area contributed by atoms with Crippen LogP contribution in [0.4, 0.5) is 0 Å². The molecule has 0 saturated carbocycles. The summed E-state index contributed by atoms with van der Waals surface area (Å²) in [6.07, 6.45) is 4.20. The third-order valence-electron chi connectivity index (χ3n) is 4.40. The maximum absolute atomic E-state index is 12.5. The van der Waals surface area contributed by atoms with Crippen molar-refractivity contribution in [2.45, 2.75) is 31.7 Å². The van der Waals surface area contributed by atoms with Crippen molar-refractivity contribution in [1.82, 2.24) is 14.5 Å². The predicted octanol–water partition coefficient (Wildman–Crippen LogP) is 0.342. The third-order valence-corrected chi connectivity index (χ3v) is 6.47. The van der Waals surface area contributed by atoms with Crippen LogP contribution >= 0.6 is 0 Å². The van der Waals surface area contributed by atoms with Crippen LogP contribution in [0.3, 0.4) is 0 Å². The average Bonchev–Trinajstić information content (AvgIpc) is 2.38. The molecule has 2 aliphatic rings. The molecule has 112 valence electrons. The number of likely N-dealkylation sites (N-methyl/N-ethyl adjacent to an activating group) is 2. The van der Waals surface area contributed by atoms with E-state index in [1.165, 1.54) is 0 Å². The molecule has 0 amide bonds. The SMILES string of the molecule is CN1CCCC(N(C)S(=O)(=O)CC2CCCNC2)C1. The van der Waals surface area contributed by atoms with Crippen molar-refractivity contribution >= 4 is 10.0 Å². The number of hydrogen-bond acceptors (Lipinski definition) is 4. The van der Waals surface area contributed by atoms with Crippen LogP contribution in [0.1, 0.15) is 25.7 Å². The molecule has 2 rings (SSSR count). The highest BCUT2D eigenvalue weighted by Crippen LogP contribution is 2.20. The van der Waals surface area contributed by atoms with Crippen LogP contribution in [0.2, 0.25) is 0 Å². The van der Waals surface area contributed by atoms with Crippen molar-refractivity contribution in [1.29, 1.82) is 0 Å². The average molecular weight is 289 g/mol. The summed E-state index contributed by atoms with van der Waals surface area (Å²) in [7, 11) is 0.710. The molecular formula is C13H27N3O2S. The molecule has 0 aliphatic carbocycles. The fourth-order valence-corrected chi connectivity index (χ4v) is 4.89. The molecule has 0 aromatic rings. The van der Waals surface area contributed by atoms with E-state index in [0.29, 0.717) is 5.75 Å². The maximum Gasteiger partial charge on any atom is 0.214 e. The van der Waals surface area contributed by atoms with Crippen molar-refractivity contribution in [3.63, 3.8) is 0 Å². The van der Waals surface area contributed by atoms with E-state index in [2.05, 4.69) is 17.3 Å². The maximum atomic E-state index is 12.5. The molecule has 0 bridgehead atoms. The zero-order valence-corrected chi connectivity index (χ0v) is 13.0. The van der Waals surface area contributed by atoms with Crippen LogP contribution in [0.25, 0.3) is 0 Å². The Morgan fingerprint density at radius 3 is 2.74 bits per heavy atom. The van der Waals surface area contributed by atoms with Gasteiger partial charge in [-0.3, -0.25) is 0 Å². The number of piperidine rings is 2. The van der Waals surface area contributed by atoms with Gasteiger partial charge in [-0.25, -0.2) is 12.7 Å². The van der Waals surface area contributed by atoms with Crippen LogP contribution in [0.5, 0.6) is 0 Å². The van der Waals surface area contributed by atoms with E-state index < -0.39 is 10.0 Å². The second-order valence-corrected chi connectivity index (χ2v) is 8.14. The minimum Gasteiger partial charge on any atom is -0.316 e. The van der Waals surface area contributed by atoms with Crippen molar-refractivity contribution in [3.05, 3.63) is 0 Å². The van der Waals surface area contributed by atoms with Gasteiger partial charge in [-0.15, -0.1) is 0 Å². The molecule has 1 N–H and O–H groups in total. The lowest BCUT2D eigenvalue weighted by atomic mass is 10.0. The molecule has 5 nitrogen and oxygen atoms in total. The first-order valence-corrected chi connectivity index (χ1v) is 8.95. The Balaban J connectivity index is 1.93. The zero-order valence-electron chi connectivity index (χ0n) is 12.1.